The highest BCUT2D eigenvalue weighted by Gasteiger charge is 2.11. The number of hydrogen-bond donors (Lipinski definition) is 3. The summed E-state index contributed by atoms with van der Waals surface area (Å²) in [5.41, 5.74) is 1.54. The van der Waals surface area contributed by atoms with E-state index in [9.17, 15) is 4.79 Å². The second-order valence-corrected chi connectivity index (χ2v) is 3.81. The predicted octanol–water partition coefficient (Wildman–Crippen LogP) is 1.28. The molecule has 16 heavy (non-hydrogen) atoms. The van der Waals surface area contributed by atoms with E-state index in [-0.39, 0.29) is 12.5 Å². The van der Waals surface area contributed by atoms with Crippen molar-refractivity contribution in [2.45, 2.75) is 13.0 Å². The van der Waals surface area contributed by atoms with Crippen molar-refractivity contribution < 1.29 is 9.90 Å². The minimum Gasteiger partial charge on any atom is -0.392 e. The molecule has 2 rings (SSSR count). The summed E-state index contributed by atoms with van der Waals surface area (Å²) in [6.07, 6.45) is 1.15. The number of aromatic amines is 1. The van der Waals surface area contributed by atoms with Crippen LogP contribution in [0.15, 0.2) is 30.5 Å². The van der Waals surface area contributed by atoms with E-state index >= 15 is 0 Å². The molecule has 0 saturated carbocycles. The second kappa shape index (κ2) is 4.37. The molecule has 0 saturated heterocycles. The second-order valence-electron chi connectivity index (χ2n) is 3.81. The summed E-state index contributed by atoms with van der Waals surface area (Å²) in [6, 6.07) is 7.61. The van der Waals surface area contributed by atoms with Crippen molar-refractivity contribution in [3.8, 4) is 0 Å². The normalized spacial score (nSPS) is 12.6. The molecule has 0 aliphatic carbocycles. The summed E-state index contributed by atoms with van der Waals surface area (Å²) in [4.78, 5) is 14.8. The lowest BCUT2D eigenvalue weighted by Crippen LogP contribution is -2.30. The summed E-state index contributed by atoms with van der Waals surface area (Å²) in [7, 11) is 0. The van der Waals surface area contributed by atoms with Crippen LogP contribution in [-0.4, -0.2) is 28.6 Å². The maximum Gasteiger partial charge on any atom is 0.253 e. The molecule has 1 heterocycles. The number of rotatable bonds is 3. The summed E-state index contributed by atoms with van der Waals surface area (Å²) in [5, 5.41) is 12.7. The van der Waals surface area contributed by atoms with Gasteiger partial charge < -0.3 is 15.4 Å². The number of carbonyl (C=O) groups is 1. The van der Waals surface area contributed by atoms with Crippen LogP contribution < -0.4 is 5.32 Å². The van der Waals surface area contributed by atoms with E-state index < -0.39 is 6.10 Å². The number of nitrogens with one attached hydrogen (secondary N) is 2. The molecule has 1 atom stereocenters. The summed E-state index contributed by atoms with van der Waals surface area (Å²) in [5.74, 6) is -0.168. The van der Waals surface area contributed by atoms with E-state index in [1.807, 2.05) is 24.3 Å². The van der Waals surface area contributed by atoms with Gasteiger partial charge in [0.1, 0.15) is 0 Å². The Bertz CT molecular complexity index is 502. The van der Waals surface area contributed by atoms with Crippen molar-refractivity contribution in [1.29, 1.82) is 0 Å². The van der Waals surface area contributed by atoms with Crippen molar-refractivity contribution in [1.82, 2.24) is 10.3 Å². The molecule has 2 aromatic rings. The Balaban J connectivity index is 2.23. The number of carbonyl (C=O) groups excluding carboxylic acids is 1. The highest BCUT2D eigenvalue weighted by atomic mass is 16.3. The van der Waals surface area contributed by atoms with Gasteiger partial charge in [0.2, 0.25) is 0 Å². The SMILES string of the molecule is C[C@H](O)CNC(=O)c1c[nH]c2ccccc12. The number of aliphatic hydroxyl groups is 1. The zero-order valence-corrected chi connectivity index (χ0v) is 9.03. The maximum absolute atomic E-state index is 11.8. The molecule has 0 unspecified atom stereocenters. The standard InChI is InChI=1S/C12H14N2O2/c1-8(15)6-14-12(16)10-7-13-11-5-3-2-4-9(10)11/h2-5,7-8,13,15H,6H2,1H3,(H,14,16)/t8-/m0/s1. The van der Waals surface area contributed by atoms with Gasteiger partial charge in [-0.2, -0.15) is 0 Å². The van der Waals surface area contributed by atoms with E-state index in [1.54, 1.807) is 13.1 Å². The fourth-order valence-corrected chi connectivity index (χ4v) is 1.60. The average molecular weight is 218 g/mol. The van der Waals surface area contributed by atoms with E-state index in [2.05, 4.69) is 10.3 Å². The van der Waals surface area contributed by atoms with E-state index in [0.29, 0.717) is 5.56 Å². The smallest absolute Gasteiger partial charge is 0.253 e. The third-order valence-corrected chi connectivity index (χ3v) is 2.39. The highest BCUT2D eigenvalue weighted by Crippen LogP contribution is 2.17. The van der Waals surface area contributed by atoms with Crippen molar-refractivity contribution in [3.05, 3.63) is 36.0 Å². The Morgan fingerprint density at radius 2 is 2.25 bits per heavy atom. The van der Waals surface area contributed by atoms with Crippen LogP contribution in [0.1, 0.15) is 17.3 Å². The van der Waals surface area contributed by atoms with Gasteiger partial charge in [0, 0.05) is 23.6 Å². The number of fused-ring (bicyclic) bond motifs is 1. The van der Waals surface area contributed by atoms with Gasteiger partial charge in [0.15, 0.2) is 0 Å². The number of aliphatic hydroxyl groups excluding tert-OH is 1. The Hall–Kier alpha value is -1.81. The number of para-hydroxylation sites is 1. The van der Waals surface area contributed by atoms with Gasteiger partial charge in [-0.15, -0.1) is 0 Å². The number of aromatic nitrogens is 1. The van der Waals surface area contributed by atoms with Gasteiger partial charge in [-0.3, -0.25) is 4.79 Å². The fraction of sp³-hybridized carbons (Fsp3) is 0.250. The molecule has 0 bridgehead atoms. The molecule has 0 spiro atoms. The first-order valence-corrected chi connectivity index (χ1v) is 5.21. The average Bonchev–Trinajstić information content (AvgIpc) is 2.69. The minimum absolute atomic E-state index is 0.168. The van der Waals surface area contributed by atoms with E-state index in [4.69, 9.17) is 5.11 Å². The summed E-state index contributed by atoms with van der Waals surface area (Å²) < 4.78 is 0. The number of benzene rings is 1. The monoisotopic (exact) mass is 218 g/mol. The van der Waals surface area contributed by atoms with Crippen LogP contribution in [-0.2, 0) is 0 Å². The maximum atomic E-state index is 11.8. The Morgan fingerprint density at radius 1 is 1.50 bits per heavy atom. The zero-order chi connectivity index (χ0) is 11.5. The molecule has 0 radical (unpaired) electrons. The molecule has 0 fully saturated rings. The van der Waals surface area contributed by atoms with Crippen molar-refractivity contribution in [2.75, 3.05) is 6.54 Å². The van der Waals surface area contributed by atoms with Gasteiger partial charge in [-0.25, -0.2) is 0 Å². The fourth-order valence-electron chi connectivity index (χ4n) is 1.60. The zero-order valence-electron chi connectivity index (χ0n) is 9.03. The lowest BCUT2D eigenvalue weighted by atomic mass is 10.1. The molecule has 1 aromatic carbocycles. The quantitative estimate of drug-likeness (QED) is 0.726. The first kappa shape index (κ1) is 10.7. The van der Waals surface area contributed by atoms with E-state index in [1.165, 1.54) is 0 Å². The lowest BCUT2D eigenvalue weighted by Gasteiger charge is -2.05. The molecule has 0 aliphatic rings. The number of hydrogen-bond acceptors (Lipinski definition) is 2. The molecule has 4 heteroatoms. The summed E-state index contributed by atoms with van der Waals surface area (Å²) >= 11 is 0. The molecule has 1 amide bonds. The van der Waals surface area contributed by atoms with Crippen LogP contribution in [0.4, 0.5) is 0 Å². The Labute approximate surface area is 93.3 Å². The third-order valence-electron chi connectivity index (χ3n) is 2.39. The van der Waals surface area contributed by atoms with Crippen LogP contribution in [0, 0.1) is 0 Å². The number of H-pyrrole nitrogens is 1. The topological polar surface area (TPSA) is 65.1 Å². The molecular weight excluding hydrogens is 204 g/mol. The van der Waals surface area contributed by atoms with Gasteiger partial charge in [-0.05, 0) is 13.0 Å². The lowest BCUT2D eigenvalue weighted by molar-refractivity contribution is 0.0925. The van der Waals surface area contributed by atoms with Crippen LogP contribution in [0.3, 0.4) is 0 Å². The molecule has 3 N–H and O–H groups in total. The highest BCUT2D eigenvalue weighted by molar-refractivity contribution is 6.06. The first-order valence-electron chi connectivity index (χ1n) is 5.21. The molecule has 1 aromatic heterocycles. The van der Waals surface area contributed by atoms with Gasteiger partial charge in [-0.1, -0.05) is 18.2 Å². The largest absolute Gasteiger partial charge is 0.392 e. The van der Waals surface area contributed by atoms with E-state index in [0.717, 1.165) is 10.9 Å². The predicted molar refractivity (Wildman–Crippen MR) is 62.3 cm³/mol. The Morgan fingerprint density at radius 3 is 3.00 bits per heavy atom. The third kappa shape index (κ3) is 2.06. The molecular formula is C12H14N2O2. The van der Waals surface area contributed by atoms with Gasteiger partial charge in [0.25, 0.3) is 5.91 Å². The van der Waals surface area contributed by atoms with Crippen LogP contribution >= 0.6 is 0 Å². The molecule has 0 aliphatic heterocycles. The Kier molecular flexibility index (Phi) is 2.92. The first-order chi connectivity index (χ1) is 7.68. The molecule has 84 valence electrons. The van der Waals surface area contributed by atoms with Crippen LogP contribution in [0.5, 0.6) is 0 Å². The van der Waals surface area contributed by atoms with Crippen LogP contribution in [0.25, 0.3) is 10.9 Å². The van der Waals surface area contributed by atoms with Gasteiger partial charge in [0.05, 0.1) is 11.7 Å². The van der Waals surface area contributed by atoms with Crippen molar-refractivity contribution in [2.24, 2.45) is 0 Å². The van der Waals surface area contributed by atoms with Crippen LogP contribution in [0.2, 0.25) is 0 Å². The van der Waals surface area contributed by atoms with Crippen molar-refractivity contribution >= 4 is 16.8 Å². The molecule has 4 nitrogen and oxygen atoms in total. The minimum atomic E-state index is -0.533. The van der Waals surface area contributed by atoms with Gasteiger partial charge >= 0.3 is 0 Å². The van der Waals surface area contributed by atoms with Crippen molar-refractivity contribution in [3.63, 3.8) is 0 Å². The number of amides is 1. The summed E-state index contributed by atoms with van der Waals surface area (Å²) in [6.45, 7) is 1.90.